The van der Waals surface area contributed by atoms with Crippen LogP contribution >= 0.6 is 0 Å². The Kier molecular flexibility index (Phi) is 6.85. The third-order valence-corrected chi connectivity index (χ3v) is 7.10. The minimum absolute atomic E-state index is 0.0312. The first-order valence-electron chi connectivity index (χ1n) is 12.6. The Morgan fingerprint density at radius 3 is 2.56 bits per heavy atom. The summed E-state index contributed by atoms with van der Waals surface area (Å²) in [6.45, 7) is 6.30. The molecule has 5 rings (SSSR count). The van der Waals surface area contributed by atoms with Crippen LogP contribution in [0.3, 0.4) is 0 Å². The zero-order chi connectivity index (χ0) is 25.1. The summed E-state index contributed by atoms with van der Waals surface area (Å²) in [5, 5.41) is 3.10. The first-order valence-corrected chi connectivity index (χ1v) is 12.6. The molecule has 1 unspecified atom stereocenters. The van der Waals surface area contributed by atoms with Crippen LogP contribution in [0.25, 0.3) is 11.0 Å². The van der Waals surface area contributed by atoms with Gasteiger partial charge in [0.15, 0.2) is 5.82 Å². The van der Waals surface area contributed by atoms with E-state index in [1.807, 2.05) is 51.9 Å². The van der Waals surface area contributed by atoms with Gasteiger partial charge in [0.2, 0.25) is 5.91 Å². The monoisotopic (exact) mass is 480 g/mol. The highest BCUT2D eigenvalue weighted by atomic mass is 16.2. The zero-order valence-corrected chi connectivity index (χ0v) is 20.9. The zero-order valence-electron chi connectivity index (χ0n) is 20.9. The molecule has 0 aliphatic carbocycles. The van der Waals surface area contributed by atoms with Crippen LogP contribution < -0.4 is 15.8 Å². The molecule has 0 bridgehead atoms. The molecule has 6 heteroatoms. The third kappa shape index (κ3) is 5.03. The SMILES string of the molecule is Cc1ccc(Cn2c(=O)c(N3CCCC(C(=O)NCc4ccccc4C)C3)nc3ccccc32)cc1. The molecule has 1 atom stereocenters. The van der Waals surface area contributed by atoms with Crippen molar-refractivity contribution in [3.8, 4) is 0 Å². The molecule has 36 heavy (non-hydrogen) atoms. The van der Waals surface area contributed by atoms with E-state index in [0.717, 1.165) is 40.6 Å². The van der Waals surface area contributed by atoms with Crippen LogP contribution in [0.5, 0.6) is 0 Å². The van der Waals surface area contributed by atoms with E-state index >= 15 is 0 Å². The van der Waals surface area contributed by atoms with Crippen LogP contribution in [-0.2, 0) is 17.9 Å². The molecule has 1 fully saturated rings. The van der Waals surface area contributed by atoms with E-state index in [1.54, 1.807) is 0 Å². The van der Waals surface area contributed by atoms with Gasteiger partial charge >= 0.3 is 0 Å². The maximum atomic E-state index is 13.7. The van der Waals surface area contributed by atoms with Gasteiger partial charge in [-0.15, -0.1) is 0 Å². The number of benzene rings is 3. The second-order valence-electron chi connectivity index (χ2n) is 9.73. The maximum Gasteiger partial charge on any atom is 0.294 e. The second-order valence-corrected chi connectivity index (χ2v) is 9.73. The van der Waals surface area contributed by atoms with Gasteiger partial charge in [0.1, 0.15) is 0 Å². The Bertz CT molecular complexity index is 1440. The van der Waals surface area contributed by atoms with Gasteiger partial charge in [-0.3, -0.25) is 14.2 Å². The van der Waals surface area contributed by atoms with E-state index in [9.17, 15) is 9.59 Å². The minimum atomic E-state index is -0.180. The summed E-state index contributed by atoms with van der Waals surface area (Å²) < 4.78 is 1.81. The molecule has 3 aromatic carbocycles. The first-order chi connectivity index (χ1) is 17.5. The van der Waals surface area contributed by atoms with E-state index in [2.05, 4.69) is 49.5 Å². The van der Waals surface area contributed by atoms with Crippen molar-refractivity contribution in [3.05, 3.63) is 105 Å². The molecule has 6 nitrogen and oxygen atoms in total. The standard InChI is InChI=1S/C30H32N4O2/c1-21-13-15-23(16-14-21)19-34-27-12-6-5-11-26(27)32-28(30(34)36)33-17-7-10-25(20-33)29(35)31-18-24-9-4-3-8-22(24)2/h3-6,8-9,11-16,25H,7,10,17-20H2,1-2H3,(H,31,35). The largest absolute Gasteiger partial charge is 0.352 e. The number of aromatic nitrogens is 2. The summed E-state index contributed by atoms with van der Waals surface area (Å²) >= 11 is 0. The van der Waals surface area contributed by atoms with E-state index in [1.165, 1.54) is 5.56 Å². The third-order valence-electron chi connectivity index (χ3n) is 7.10. The molecule has 1 amide bonds. The number of carbonyl (C=O) groups is 1. The number of rotatable bonds is 6. The normalized spacial score (nSPS) is 15.7. The van der Waals surface area contributed by atoms with E-state index in [-0.39, 0.29) is 17.4 Å². The van der Waals surface area contributed by atoms with Crippen LogP contribution in [0.1, 0.15) is 35.1 Å². The highest BCUT2D eigenvalue weighted by Gasteiger charge is 2.28. The fraction of sp³-hybridized carbons (Fsp3) is 0.300. The number of nitrogens with one attached hydrogen (secondary N) is 1. The highest BCUT2D eigenvalue weighted by Crippen LogP contribution is 2.23. The maximum absolute atomic E-state index is 13.7. The van der Waals surface area contributed by atoms with Crippen LogP contribution in [0.15, 0.2) is 77.6 Å². The number of amides is 1. The molecule has 1 N–H and O–H groups in total. The number of anilines is 1. The van der Waals surface area contributed by atoms with Gasteiger partial charge in [0, 0.05) is 19.6 Å². The second kappa shape index (κ2) is 10.4. The van der Waals surface area contributed by atoms with Gasteiger partial charge in [-0.05, 0) is 55.5 Å². The quantitative estimate of drug-likeness (QED) is 0.438. The average Bonchev–Trinajstić information content (AvgIpc) is 2.90. The van der Waals surface area contributed by atoms with Crippen LogP contribution in [0.4, 0.5) is 5.82 Å². The predicted octanol–water partition coefficient (Wildman–Crippen LogP) is 4.59. The van der Waals surface area contributed by atoms with Crippen molar-refractivity contribution < 1.29 is 4.79 Å². The summed E-state index contributed by atoms with van der Waals surface area (Å²) in [6, 6.07) is 24.1. The summed E-state index contributed by atoms with van der Waals surface area (Å²) in [6.07, 6.45) is 1.65. The van der Waals surface area contributed by atoms with Crippen LogP contribution in [0.2, 0.25) is 0 Å². The molecule has 184 valence electrons. The molecular weight excluding hydrogens is 448 g/mol. The van der Waals surface area contributed by atoms with Crippen LogP contribution in [-0.4, -0.2) is 28.5 Å². The van der Waals surface area contributed by atoms with E-state index in [0.29, 0.717) is 32.0 Å². The van der Waals surface area contributed by atoms with Crippen molar-refractivity contribution in [2.75, 3.05) is 18.0 Å². The van der Waals surface area contributed by atoms with Gasteiger partial charge in [-0.25, -0.2) is 4.98 Å². The lowest BCUT2D eigenvalue weighted by Gasteiger charge is -2.33. The average molecular weight is 481 g/mol. The minimum Gasteiger partial charge on any atom is -0.352 e. The lowest BCUT2D eigenvalue weighted by Crippen LogP contribution is -2.45. The Morgan fingerprint density at radius 2 is 1.75 bits per heavy atom. The summed E-state index contributed by atoms with van der Waals surface area (Å²) in [5.41, 5.74) is 6.02. The molecular formula is C30H32N4O2. The Balaban J connectivity index is 1.40. The van der Waals surface area contributed by atoms with Crippen LogP contribution in [0, 0.1) is 19.8 Å². The summed E-state index contributed by atoms with van der Waals surface area (Å²) in [5.74, 6) is 0.280. The molecule has 0 radical (unpaired) electrons. The number of nitrogens with zero attached hydrogens (tertiary/aromatic N) is 3. The van der Waals surface area contributed by atoms with E-state index < -0.39 is 0 Å². The lowest BCUT2D eigenvalue weighted by molar-refractivity contribution is -0.125. The molecule has 1 aromatic heterocycles. The van der Waals surface area contributed by atoms with Crippen molar-refractivity contribution in [1.82, 2.24) is 14.9 Å². The fourth-order valence-electron chi connectivity index (χ4n) is 4.94. The topological polar surface area (TPSA) is 67.2 Å². The number of aryl methyl sites for hydroxylation is 2. The van der Waals surface area contributed by atoms with Crippen molar-refractivity contribution in [2.24, 2.45) is 5.92 Å². The lowest BCUT2D eigenvalue weighted by atomic mass is 9.97. The molecule has 1 aliphatic rings. The molecule has 1 aliphatic heterocycles. The van der Waals surface area contributed by atoms with E-state index in [4.69, 9.17) is 4.98 Å². The fourth-order valence-corrected chi connectivity index (χ4v) is 4.94. The highest BCUT2D eigenvalue weighted by molar-refractivity contribution is 5.80. The number of piperidine rings is 1. The van der Waals surface area contributed by atoms with Gasteiger partial charge in [0.25, 0.3) is 5.56 Å². The Labute approximate surface area is 211 Å². The summed E-state index contributed by atoms with van der Waals surface area (Å²) in [4.78, 5) is 33.6. The first kappa shape index (κ1) is 23.8. The number of fused-ring (bicyclic) bond motifs is 1. The van der Waals surface area contributed by atoms with Gasteiger partial charge in [-0.2, -0.15) is 0 Å². The number of para-hydroxylation sites is 2. The Morgan fingerprint density at radius 1 is 1.00 bits per heavy atom. The molecule has 0 spiro atoms. The molecule has 0 saturated carbocycles. The molecule has 1 saturated heterocycles. The number of hydrogen-bond acceptors (Lipinski definition) is 4. The van der Waals surface area contributed by atoms with Crippen molar-refractivity contribution >= 4 is 22.8 Å². The summed E-state index contributed by atoms with van der Waals surface area (Å²) in [7, 11) is 0. The molecule has 2 heterocycles. The molecule has 4 aromatic rings. The Hall–Kier alpha value is -3.93. The van der Waals surface area contributed by atoms with Crippen molar-refractivity contribution in [1.29, 1.82) is 0 Å². The van der Waals surface area contributed by atoms with Gasteiger partial charge in [0.05, 0.1) is 23.5 Å². The predicted molar refractivity (Wildman–Crippen MR) is 144 cm³/mol. The smallest absolute Gasteiger partial charge is 0.294 e. The van der Waals surface area contributed by atoms with Gasteiger partial charge in [-0.1, -0.05) is 66.2 Å². The van der Waals surface area contributed by atoms with Crippen molar-refractivity contribution in [3.63, 3.8) is 0 Å². The van der Waals surface area contributed by atoms with Crippen molar-refractivity contribution in [2.45, 2.75) is 39.8 Å². The number of hydrogen-bond donors (Lipinski definition) is 1. The van der Waals surface area contributed by atoms with Gasteiger partial charge < -0.3 is 10.2 Å². The number of carbonyl (C=O) groups excluding carboxylic acids is 1.